The van der Waals surface area contributed by atoms with Gasteiger partial charge in [0.1, 0.15) is 0 Å². The Bertz CT molecular complexity index is 698. The van der Waals surface area contributed by atoms with E-state index in [1.54, 1.807) is 0 Å². The van der Waals surface area contributed by atoms with E-state index in [4.69, 9.17) is 4.99 Å². The first-order chi connectivity index (χ1) is 12.0. The standard InChI is InChI=1S/C20H31N5/c1-6-7-12-21-20(22-13-18-10-8-15(2)9-11-18)23-14-19-16(3)24-25(5)17(19)4/h8-11H,6-7,12-14H2,1-5H3,(H2,21,22,23). The molecule has 136 valence electrons. The van der Waals surface area contributed by atoms with Gasteiger partial charge in [-0.25, -0.2) is 4.99 Å². The Morgan fingerprint density at radius 3 is 2.44 bits per heavy atom. The Morgan fingerprint density at radius 1 is 1.12 bits per heavy atom. The molecule has 0 fully saturated rings. The number of nitrogens with zero attached hydrogens (tertiary/aromatic N) is 3. The highest BCUT2D eigenvalue weighted by atomic mass is 15.3. The number of benzene rings is 1. The number of hydrogen-bond acceptors (Lipinski definition) is 2. The van der Waals surface area contributed by atoms with Gasteiger partial charge in [-0.05, 0) is 32.8 Å². The fourth-order valence-electron chi connectivity index (χ4n) is 2.67. The number of aromatic nitrogens is 2. The van der Waals surface area contributed by atoms with Gasteiger partial charge in [-0.3, -0.25) is 4.68 Å². The van der Waals surface area contributed by atoms with Crippen LogP contribution >= 0.6 is 0 Å². The number of unbranched alkanes of at least 4 members (excludes halogenated alkanes) is 1. The van der Waals surface area contributed by atoms with Gasteiger partial charge in [0.05, 0.1) is 12.2 Å². The molecule has 0 spiro atoms. The van der Waals surface area contributed by atoms with Crippen molar-refractivity contribution in [1.29, 1.82) is 0 Å². The Morgan fingerprint density at radius 2 is 1.84 bits per heavy atom. The zero-order chi connectivity index (χ0) is 18.2. The van der Waals surface area contributed by atoms with Gasteiger partial charge in [0.15, 0.2) is 5.96 Å². The summed E-state index contributed by atoms with van der Waals surface area (Å²) in [6.45, 7) is 10.8. The molecule has 2 N–H and O–H groups in total. The average molecular weight is 342 g/mol. The smallest absolute Gasteiger partial charge is 0.191 e. The summed E-state index contributed by atoms with van der Waals surface area (Å²) in [7, 11) is 1.98. The molecule has 1 heterocycles. The summed E-state index contributed by atoms with van der Waals surface area (Å²) in [5.41, 5.74) is 5.99. The van der Waals surface area contributed by atoms with Crippen molar-refractivity contribution in [3.8, 4) is 0 Å². The van der Waals surface area contributed by atoms with Gasteiger partial charge in [0.25, 0.3) is 0 Å². The average Bonchev–Trinajstić information content (AvgIpc) is 2.84. The van der Waals surface area contributed by atoms with Crippen molar-refractivity contribution in [2.24, 2.45) is 12.0 Å². The molecule has 0 aliphatic carbocycles. The number of hydrogen-bond donors (Lipinski definition) is 2. The first-order valence-electron chi connectivity index (χ1n) is 9.08. The summed E-state index contributed by atoms with van der Waals surface area (Å²) in [5, 5.41) is 11.4. The molecule has 2 rings (SSSR count). The number of nitrogens with one attached hydrogen (secondary N) is 2. The molecule has 0 bridgehead atoms. The molecule has 0 unspecified atom stereocenters. The molecular formula is C20H31N5. The van der Waals surface area contributed by atoms with Gasteiger partial charge >= 0.3 is 0 Å². The van der Waals surface area contributed by atoms with Crippen LogP contribution in [0.25, 0.3) is 0 Å². The number of aliphatic imine (C=N–C) groups is 1. The van der Waals surface area contributed by atoms with Crippen LogP contribution in [0.3, 0.4) is 0 Å². The molecular weight excluding hydrogens is 310 g/mol. The summed E-state index contributed by atoms with van der Waals surface area (Å²) in [6.07, 6.45) is 2.30. The molecule has 1 aromatic heterocycles. The van der Waals surface area contributed by atoms with Gasteiger partial charge in [-0.15, -0.1) is 0 Å². The van der Waals surface area contributed by atoms with E-state index in [0.717, 1.165) is 31.2 Å². The molecule has 0 aliphatic heterocycles. The summed E-state index contributed by atoms with van der Waals surface area (Å²) >= 11 is 0. The molecule has 0 atom stereocenters. The topological polar surface area (TPSA) is 54.2 Å². The van der Waals surface area contributed by atoms with Crippen LogP contribution in [0, 0.1) is 20.8 Å². The SMILES string of the molecule is CCCCNC(=NCc1ccc(C)cc1)NCc1c(C)nn(C)c1C. The van der Waals surface area contributed by atoms with Gasteiger partial charge in [0.2, 0.25) is 0 Å². The minimum Gasteiger partial charge on any atom is -0.356 e. The minimum absolute atomic E-state index is 0.673. The first-order valence-corrected chi connectivity index (χ1v) is 9.08. The van der Waals surface area contributed by atoms with E-state index in [9.17, 15) is 0 Å². The van der Waals surface area contributed by atoms with Crippen molar-refractivity contribution < 1.29 is 0 Å². The Kier molecular flexibility index (Phi) is 7.04. The lowest BCUT2D eigenvalue weighted by Gasteiger charge is -2.13. The molecule has 5 nitrogen and oxygen atoms in total. The first kappa shape index (κ1) is 19.0. The number of rotatable bonds is 7. The van der Waals surface area contributed by atoms with Crippen LogP contribution in [-0.4, -0.2) is 22.3 Å². The second-order valence-electron chi connectivity index (χ2n) is 6.56. The van der Waals surface area contributed by atoms with E-state index >= 15 is 0 Å². The molecule has 0 saturated heterocycles. The van der Waals surface area contributed by atoms with Crippen molar-refractivity contribution in [3.05, 3.63) is 52.3 Å². The van der Waals surface area contributed by atoms with Crippen molar-refractivity contribution in [2.45, 2.75) is 53.6 Å². The molecule has 0 amide bonds. The van der Waals surface area contributed by atoms with Gasteiger partial charge < -0.3 is 10.6 Å². The summed E-state index contributed by atoms with van der Waals surface area (Å²) < 4.78 is 1.93. The van der Waals surface area contributed by atoms with Gasteiger partial charge in [0, 0.05) is 31.4 Å². The zero-order valence-corrected chi connectivity index (χ0v) is 16.2. The van der Waals surface area contributed by atoms with E-state index in [2.05, 4.69) is 67.7 Å². The second kappa shape index (κ2) is 9.25. The maximum absolute atomic E-state index is 4.74. The Balaban J connectivity index is 2.03. The van der Waals surface area contributed by atoms with E-state index in [0.29, 0.717) is 6.54 Å². The minimum atomic E-state index is 0.673. The van der Waals surface area contributed by atoms with Crippen molar-refractivity contribution in [1.82, 2.24) is 20.4 Å². The largest absolute Gasteiger partial charge is 0.356 e. The Labute approximate surface area is 151 Å². The van der Waals surface area contributed by atoms with E-state index in [1.807, 2.05) is 11.7 Å². The maximum atomic E-state index is 4.74. The third kappa shape index (κ3) is 5.62. The quantitative estimate of drug-likeness (QED) is 0.461. The molecule has 0 aliphatic rings. The van der Waals surface area contributed by atoms with Crippen molar-refractivity contribution in [3.63, 3.8) is 0 Å². The normalized spacial score (nSPS) is 11.6. The fourth-order valence-corrected chi connectivity index (χ4v) is 2.67. The lowest BCUT2D eigenvalue weighted by molar-refractivity contribution is 0.719. The summed E-state index contributed by atoms with van der Waals surface area (Å²) in [6, 6.07) is 8.53. The van der Waals surface area contributed by atoms with E-state index < -0.39 is 0 Å². The van der Waals surface area contributed by atoms with Crippen LogP contribution < -0.4 is 10.6 Å². The van der Waals surface area contributed by atoms with E-state index in [1.165, 1.54) is 28.8 Å². The predicted molar refractivity (Wildman–Crippen MR) is 105 cm³/mol. The highest BCUT2D eigenvalue weighted by Crippen LogP contribution is 2.11. The molecule has 2 aromatic rings. The highest BCUT2D eigenvalue weighted by molar-refractivity contribution is 5.79. The monoisotopic (exact) mass is 341 g/mol. The highest BCUT2D eigenvalue weighted by Gasteiger charge is 2.09. The van der Waals surface area contributed by atoms with Crippen molar-refractivity contribution in [2.75, 3.05) is 6.54 Å². The van der Waals surface area contributed by atoms with Gasteiger partial charge in [-0.1, -0.05) is 43.2 Å². The lowest BCUT2D eigenvalue weighted by Crippen LogP contribution is -2.37. The summed E-state index contributed by atoms with van der Waals surface area (Å²) in [4.78, 5) is 4.74. The molecule has 1 aromatic carbocycles. The zero-order valence-electron chi connectivity index (χ0n) is 16.2. The molecule has 0 radical (unpaired) electrons. The fraction of sp³-hybridized carbons (Fsp3) is 0.500. The van der Waals surface area contributed by atoms with E-state index in [-0.39, 0.29) is 0 Å². The lowest BCUT2D eigenvalue weighted by atomic mass is 10.1. The second-order valence-corrected chi connectivity index (χ2v) is 6.56. The summed E-state index contributed by atoms with van der Waals surface area (Å²) in [5.74, 6) is 0.858. The van der Waals surface area contributed by atoms with Crippen LogP contribution in [0.2, 0.25) is 0 Å². The number of aryl methyl sites for hydroxylation is 3. The van der Waals surface area contributed by atoms with Gasteiger partial charge in [-0.2, -0.15) is 5.10 Å². The Hall–Kier alpha value is -2.30. The number of guanidine groups is 1. The van der Waals surface area contributed by atoms with Crippen LogP contribution in [0.4, 0.5) is 0 Å². The van der Waals surface area contributed by atoms with Crippen LogP contribution in [0.5, 0.6) is 0 Å². The van der Waals surface area contributed by atoms with Crippen LogP contribution in [-0.2, 0) is 20.1 Å². The molecule has 0 saturated carbocycles. The third-order valence-electron chi connectivity index (χ3n) is 4.45. The van der Waals surface area contributed by atoms with Crippen LogP contribution in [0.15, 0.2) is 29.3 Å². The molecule has 25 heavy (non-hydrogen) atoms. The maximum Gasteiger partial charge on any atom is 0.191 e. The third-order valence-corrected chi connectivity index (χ3v) is 4.45. The van der Waals surface area contributed by atoms with Crippen molar-refractivity contribution >= 4 is 5.96 Å². The predicted octanol–water partition coefficient (Wildman–Crippen LogP) is 3.38. The molecule has 5 heteroatoms. The van der Waals surface area contributed by atoms with Crippen LogP contribution in [0.1, 0.15) is 47.8 Å².